The van der Waals surface area contributed by atoms with Gasteiger partial charge in [0.05, 0.1) is 6.61 Å². The molecule has 14 heavy (non-hydrogen) atoms. The third-order valence-corrected chi connectivity index (χ3v) is 3.33. The SMILES string of the molecule is C1COCCN(CCC2CCNC2)C1. The van der Waals surface area contributed by atoms with Crippen LogP contribution in [0.15, 0.2) is 0 Å². The maximum Gasteiger partial charge on any atom is 0.0593 e. The normalized spacial score (nSPS) is 30.4. The van der Waals surface area contributed by atoms with E-state index in [1.807, 2.05) is 0 Å². The van der Waals surface area contributed by atoms with E-state index < -0.39 is 0 Å². The van der Waals surface area contributed by atoms with Gasteiger partial charge in [0.2, 0.25) is 0 Å². The molecule has 1 unspecified atom stereocenters. The van der Waals surface area contributed by atoms with E-state index in [0.717, 1.165) is 25.7 Å². The Morgan fingerprint density at radius 2 is 2.29 bits per heavy atom. The molecule has 0 saturated carbocycles. The molecule has 0 bridgehead atoms. The molecule has 0 spiro atoms. The molecule has 2 saturated heterocycles. The van der Waals surface area contributed by atoms with Crippen LogP contribution in [0.5, 0.6) is 0 Å². The molecule has 0 amide bonds. The van der Waals surface area contributed by atoms with Crippen molar-refractivity contribution in [1.29, 1.82) is 0 Å². The maximum absolute atomic E-state index is 5.44. The summed E-state index contributed by atoms with van der Waals surface area (Å²) in [5.74, 6) is 0.930. The molecule has 3 heteroatoms. The van der Waals surface area contributed by atoms with Crippen molar-refractivity contribution in [3.8, 4) is 0 Å². The second-order valence-corrected chi connectivity index (χ2v) is 4.46. The highest BCUT2D eigenvalue weighted by molar-refractivity contribution is 4.73. The fourth-order valence-electron chi connectivity index (χ4n) is 2.35. The predicted octanol–water partition coefficient (Wildman–Crippen LogP) is 0.708. The smallest absolute Gasteiger partial charge is 0.0593 e. The van der Waals surface area contributed by atoms with E-state index in [9.17, 15) is 0 Å². The van der Waals surface area contributed by atoms with Crippen molar-refractivity contribution >= 4 is 0 Å². The number of rotatable bonds is 3. The van der Waals surface area contributed by atoms with Crippen molar-refractivity contribution in [3.63, 3.8) is 0 Å². The van der Waals surface area contributed by atoms with Crippen molar-refractivity contribution in [2.75, 3.05) is 45.9 Å². The molecule has 1 N–H and O–H groups in total. The molecule has 0 aromatic rings. The van der Waals surface area contributed by atoms with Crippen molar-refractivity contribution in [2.45, 2.75) is 19.3 Å². The average molecular weight is 198 g/mol. The lowest BCUT2D eigenvalue weighted by atomic mass is 10.0. The molecule has 2 aliphatic heterocycles. The molecule has 3 nitrogen and oxygen atoms in total. The van der Waals surface area contributed by atoms with Gasteiger partial charge in [-0.2, -0.15) is 0 Å². The fourth-order valence-corrected chi connectivity index (χ4v) is 2.35. The Kier molecular flexibility index (Phi) is 4.22. The molecular weight excluding hydrogens is 176 g/mol. The molecule has 0 aromatic heterocycles. The number of hydrogen-bond donors (Lipinski definition) is 1. The van der Waals surface area contributed by atoms with Crippen molar-refractivity contribution in [3.05, 3.63) is 0 Å². The number of nitrogens with zero attached hydrogens (tertiary/aromatic N) is 1. The zero-order valence-electron chi connectivity index (χ0n) is 9.00. The Morgan fingerprint density at radius 3 is 3.14 bits per heavy atom. The zero-order chi connectivity index (χ0) is 9.64. The van der Waals surface area contributed by atoms with Gasteiger partial charge >= 0.3 is 0 Å². The van der Waals surface area contributed by atoms with E-state index in [0.29, 0.717) is 0 Å². The highest BCUT2D eigenvalue weighted by atomic mass is 16.5. The predicted molar refractivity (Wildman–Crippen MR) is 57.5 cm³/mol. The topological polar surface area (TPSA) is 24.5 Å². The van der Waals surface area contributed by atoms with Gasteiger partial charge < -0.3 is 15.0 Å². The Bertz CT molecular complexity index is 149. The monoisotopic (exact) mass is 198 g/mol. The standard InChI is InChI=1S/C11H22N2O/c1-5-13(7-9-14-8-1)6-3-11-2-4-12-10-11/h11-12H,1-10H2. The van der Waals surface area contributed by atoms with E-state index in [1.165, 1.54) is 45.4 Å². The van der Waals surface area contributed by atoms with Crippen LogP contribution in [0.4, 0.5) is 0 Å². The van der Waals surface area contributed by atoms with Gasteiger partial charge in [0.1, 0.15) is 0 Å². The minimum atomic E-state index is 0.930. The quantitative estimate of drug-likeness (QED) is 0.723. The maximum atomic E-state index is 5.44. The van der Waals surface area contributed by atoms with E-state index in [4.69, 9.17) is 4.74 Å². The van der Waals surface area contributed by atoms with Gasteiger partial charge in [-0.05, 0) is 44.8 Å². The minimum absolute atomic E-state index is 0.930. The lowest BCUT2D eigenvalue weighted by molar-refractivity contribution is 0.140. The molecule has 0 aromatic carbocycles. The molecule has 2 fully saturated rings. The van der Waals surface area contributed by atoms with Crippen molar-refractivity contribution < 1.29 is 4.74 Å². The first-order chi connectivity index (χ1) is 6.95. The molecule has 2 rings (SSSR count). The summed E-state index contributed by atoms with van der Waals surface area (Å²) in [6.45, 7) is 8.01. The Balaban J connectivity index is 1.62. The van der Waals surface area contributed by atoms with Gasteiger partial charge in [0, 0.05) is 19.7 Å². The Hall–Kier alpha value is -0.120. The molecule has 2 heterocycles. The van der Waals surface area contributed by atoms with E-state index in [2.05, 4.69) is 10.2 Å². The Labute approximate surface area is 86.8 Å². The molecule has 1 atom stereocenters. The van der Waals surface area contributed by atoms with E-state index >= 15 is 0 Å². The number of ether oxygens (including phenoxy) is 1. The van der Waals surface area contributed by atoms with Crippen LogP contribution in [-0.4, -0.2) is 50.8 Å². The van der Waals surface area contributed by atoms with Crippen LogP contribution < -0.4 is 5.32 Å². The second kappa shape index (κ2) is 5.69. The molecule has 82 valence electrons. The minimum Gasteiger partial charge on any atom is -0.380 e. The highest BCUT2D eigenvalue weighted by Gasteiger charge is 2.16. The summed E-state index contributed by atoms with van der Waals surface area (Å²) in [6.07, 6.45) is 3.96. The van der Waals surface area contributed by atoms with E-state index in [1.54, 1.807) is 0 Å². The largest absolute Gasteiger partial charge is 0.380 e. The van der Waals surface area contributed by atoms with Crippen LogP contribution in [0.25, 0.3) is 0 Å². The zero-order valence-corrected chi connectivity index (χ0v) is 9.00. The summed E-state index contributed by atoms with van der Waals surface area (Å²) in [4.78, 5) is 2.56. The van der Waals surface area contributed by atoms with Crippen LogP contribution in [0, 0.1) is 5.92 Å². The summed E-state index contributed by atoms with van der Waals surface area (Å²) in [5, 5.41) is 3.43. The van der Waals surface area contributed by atoms with Gasteiger partial charge in [-0.15, -0.1) is 0 Å². The van der Waals surface area contributed by atoms with Crippen molar-refractivity contribution in [1.82, 2.24) is 10.2 Å². The average Bonchev–Trinajstić information content (AvgIpc) is 2.58. The van der Waals surface area contributed by atoms with Crippen LogP contribution in [0.3, 0.4) is 0 Å². The summed E-state index contributed by atoms with van der Waals surface area (Å²) in [5.41, 5.74) is 0. The van der Waals surface area contributed by atoms with Crippen LogP contribution >= 0.6 is 0 Å². The van der Waals surface area contributed by atoms with E-state index in [-0.39, 0.29) is 0 Å². The van der Waals surface area contributed by atoms with Gasteiger partial charge in [-0.1, -0.05) is 0 Å². The molecule has 0 radical (unpaired) electrons. The fraction of sp³-hybridized carbons (Fsp3) is 1.00. The number of nitrogens with one attached hydrogen (secondary N) is 1. The number of hydrogen-bond acceptors (Lipinski definition) is 3. The summed E-state index contributed by atoms with van der Waals surface area (Å²) in [7, 11) is 0. The first-order valence-corrected chi connectivity index (χ1v) is 5.96. The third-order valence-electron chi connectivity index (χ3n) is 3.33. The summed E-state index contributed by atoms with van der Waals surface area (Å²) < 4.78 is 5.44. The Morgan fingerprint density at radius 1 is 1.29 bits per heavy atom. The van der Waals surface area contributed by atoms with Gasteiger partial charge in [-0.25, -0.2) is 0 Å². The van der Waals surface area contributed by atoms with Crippen LogP contribution in [0.2, 0.25) is 0 Å². The van der Waals surface area contributed by atoms with Gasteiger partial charge in [0.25, 0.3) is 0 Å². The molecule has 0 aliphatic carbocycles. The summed E-state index contributed by atoms with van der Waals surface area (Å²) >= 11 is 0. The second-order valence-electron chi connectivity index (χ2n) is 4.46. The van der Waals surface area contributed by atoms with Crippen molar-refractivity contribution in [2.24, 2.45) is 5.92 Å². The lowest BCUT2D eigenvalue weighted by Gasteiger charge is -2.20. The van der Waals surface area contributed by atoms with Crippen LogP contribution in [-0.2, 0) is 4.74 Å². The first-order valence-electron chi connectivity index (χ1n) is 5.96. The van der Waals surface area contributed by atoms with Gasteiger partial charge in [0.15, 0.2) is 0 Å². The summed E-state index contributed by atoms with van der Waals surface area (Å²) in [6, 6.07) is 0. The lowest BCUT2D eigenvalue weighted by Crippen LogP contribution is -2.29. The van der Waals surface area contributed by atoms with Gasteiger partial charge in [-0.3, -0.25) is 0 Å². The third kappa shape index (κ3) is 3.23. The molecule has 2 aliphatic rings. The first kappa shape index (κ1) is 10.4. The highest BCUT2D eigenvalue weighted by Crippen LogP contribution is 2.13. The van der Waals surface area contributed by atoms with Crippen LogP contribution in [0.1, 0.15) is 19.3 Å². The molecular formula is C11H22N2O.